The average molecular weight is 296 g/mol. The van der Waals surface area contributed by atoms with Crippen LogP contribution in [0.5, 0.6) is 0 Å². The van der Waals surface area contributed by atoms with Crippen LogP contribution in [0, 0.1) is 0 Å². The highest BCUT2D eigenvalue weighted by atomic mass is 15.4. The Bertz CT molecular complexity index is 591. The van der Waals surface area contributed by atoms with Crippen LogP contribution in [-0.2, 0) is 0 Å². The lowest BCUT2D eigenvalue weighted by Gasteiger charge is -2.48. The number of hydrogen-bond donors (Lipinski definition) is 0. The van der Waals surface area contributed by atoms with Gasteiger partial charge >= 0.3 is 0 Å². The van der Waals surface area contributed by atoms with Crippen LogP contribution < -0.4 is 9.80 Å². The zero-order chi connectivity index (χ0) is 14.8. The van der Waals surface area contributed by atoms with Gasteiger partial charge in [0.1, 0.15) is 11.6 Å². The minimum absolute atomic E-state index is 0.646. The lowest BCUT2D eigenvalue weighted by Crippen LogP contribution is -2.63. The maximum atomic E-state index is 4.44. The molecule has 2 saturated heterocycles. The Morgan fingerprint density at radius 3 is 2.32 bits per heavy atom. The van der Waals surface area contributed by atoms with Crippen molar-refractivity contribution < 1.29 is 0 Å². The fourth-order valence-electron chi connectivity index (χ4n) is 3.18. The van der Waals surface area contributed by atoms with Crippen molar-refractivity contribution in [3.05, 3.63) is 43.0 Å². The molecule has 0 aliphatic carbocycles. The number of pyridine rings is 1. The van der Waals surface area contributed by atoms with Gasteiger partial charge in [-0.3, -0.25) is 9.88 Å². The third-order valence-electron chi connectivity index (χ3n) is 4.54. The van der Waals surface area contributed by atoms with Crippen molar-refractivity contribution in [1.82, 2.24) is 19.9 Å². The van der Waals surface area contributed by atoms with Crippen LogP contribution in [-0.4, -0.2) is 65.2 Å². The molecule has 2 aliphatic rings. The predicted molar refractivity (Wildman–Crippen MR) is 86.1 cm³/mol. The van der Waals surface area contributed by atoms with Crippen LogP contribution >= 0.6 is 0 Å². The SMILES string of the molecule is c1ccc(N2CCN(C3CN(c4cnccn4)C3)CC2)nc1. The number of anilines is 2. The number of hydrogen-bond acceptors (Lipinski definition) is 6. The summed E-state index contributed by atoms with van der Waals surface area (Å²) in [7, 11) is 0. The molecule has 114 valence electrons. The van der Waals surface area contributed by atoms with E-state index >= 15 is 0 Å². The maximum Gasteiger partial charge on any atom is 0.147 e. The summed E-state index contributed by atoms with van der Waals surface area (Å²) in [6.45, 7) is 6.44. The van der Waals surface area contributed by atoms with Crippen molar-refractivity contribution in [3.8, 4) is 0 Å². The Hall–Kier alpha value is -2.21. The Morgan fingerprint density at radius 1 is 0.818 bits per heavy atom. The minimum Gasteiger partial charge on any atom is -0.354 e. The molecule has 0 bridgehead atoms. The third-order valence-corrected chi connectivity index (χ3v) is 4.54. The van der Waals surface area contributed by atoms with Gasteiger partial charge in [-0.15, -0.1) is 0 Å². The molecule has 0 aromatic carbocycles. The van der Waals surface area contributed by atoms with Gasteiger partial charge in [0.05, 0.1) is 6.20 Å². The molecule has 0 atom stereocenters. The molecule has 0 saturated carbocycles. The maximum absolute atomic E-state index is 4.44. The molecular formula is C16H20N6. The van der Waals surface area contributed by atoms with Gasteiger partial charge in [-0.2, -0.15) is 0 Å². The predicted octanol–water partition coefficient (Wildman–Crippen LogP) is 0.882. The molecule has 22 heavy (non-hydrogen) atoms. The van der Waals surface area contributed by atoms with Crippen molar-refractivity contribution in [2.45, 2.75) is 6.04 Å². The summed E-state index contributed by atoms with van der Waals surface area (Å²) in [6, 6.07) is 6.76. The second kappa shape index (κ2) is 5.88. The van der Waals surface area contributed by atoms with E-state index in [2.05, 4.69) is 41.8 Å². The molecule has 4 rings (SSSR count). The van der Waals surface area contributed by atoms with E-state index in [-0.39, 0.29) is 0 Å². The van der Waals surface area contributed by atoms with E-state index in [1.54, 1.807) is 12.4 Å². The van der Waals surface area contributed by atoms with Gasteiger partial charge < -0.3 is 9.80 Å². The summed E-state index contributed by atoms with van der Waals surface area (Å²) in [6.07, 6.45) is 7.19. The van der Waals surface area contributed by atoms with Crippen LogP contribution in [0.25, 0.3) is 0 Å². The topological polar surface area (TPSA) is 48.4 Å². The van der Waals surface area contributed by atoms with Gasteiger partial charge in [0, 0.05) is 63.9 Å². The second-order valence-corrected chi connectivity index (χ2v) is 5.83. The summed E-state index contributed by atoms with van der Waals surface area (Å²) in [5, 5.41) is 0. The van der Waals surface area contributed by atoms with E-state index in [1.807, 2.05) is 18.5 Å². The quantitative estimate of drug-likeness (QED) is 0.838. The molecule has 0 spiro atoms. The molecule has 0 unspecified atom stereocenters. The van der Waals surface area contributed by atoms with E-state index in [0.717, 1.165) is 50.9 Å². The zero-order valence-electron chi connectivity index (χ0n) is 12.5. The summed E-state index contributed by atoms with van der Waals surface area (Å²) in [4.78, 5) is 20.2. The van der Waals surface area contributed by atoms with Crippen molar-refractivity contribution >= 4 is 11.6 Å². The second-order valence-electron chi connectivity index (χ2n) is 5.83. The van der Waals surface area contributed by atoms with E-state index < -0.39 is 0 Å². The molecule has 0 N–H and O–H groups in total. The van der Waals surface area contributed by atoms with Gasteiger partial charge in [0.15, 0.2) is 0 Å². The molecule has 2 aromatic rings. The fourth-order valence-corrected chi connectivity index (χ4v) is 3.18. The van der Waals surface area contributed by atoms with Crippen LogP contribution in [0.2, 0.25) is 0 Å². The lowest BCUT2D eigenvalue weighted by molar-refractivity contribution is 0.156. The Kier molecular flexibility index (Phi) is 3.60. The molecule has 2 aliphatic heterocycles. The van der Waals surface area contributed by atoms with Gasteiger partial charge in [-0.05, 0) is 12.1 Å². The molecule has 6 nitrogen and oxygen atoms in total. The first-order valence-electron chi connectivity index (χ1n) is 7.81. The van der Waals surface area contributed by atoms with Gasteiger partial charge in [0.25, 0.3) is 0 Å². The third kappa shape index (κ3) is 2.62. The number of piperazine rings is 1. The zero-order valence-corrected chi connectivity index (χ0v) is 12.5. The van der Waals surface area contributed by atoms with Crippen LogP contribution in [0.1, 0.15) is 0 Å². The van der Waals surface area contributed by atoms with Gasteiger partial charge in [-0.1, -0.05) is 6.07 Å². The minimum atomic E-state index is 0.646. The van der Waals surface area contributed by atoms with Crippen molar-refractivity contribution in [3.63, 3.8) is 0 Å². The highest BCUT2D eigenvalue weighted by molar-refractivity contribution is 5.41. The smallest absolute Gasteiger partial charge is 0.147 e. The van der Waals surface area contributed by atoms with E-state index in [4.69, 9.17) is 0 Å². The number of rotatable bonds is 3. The molecule has 2 aromatic heterocycles. The lowest BCUT2D eigenvalue weighted by atomic mass is 10.1. The fraction of sp³-hybridized carbons (Fsp3) is 0.438. The summed E-state index contributed by atoms with van der Waals surface area (Å²) in [5.41, 5.74) is 0. The number of aromatic nitrogens is 3. The highest BCUT2D eigenvalue weighted by Crippen LogP contribution is 2.22. The van der Waals surface area contributed by atoms with Crippen LogP contribution in [0.15, 0.2) is 43.0 Å². The first kappa shape index (κ1) is 13.5. The van der Waals surface area contributed by atoms with Crippen LogP contribution in [0.4, 0.5) is 11.6 Å². The Labute approximate surface area is 130 Å². The van der Waals surface area contributed by atoms with Gasteiger partial charge in [-0.25, -0.2) is 9.97 Å². The highest BCUT2D eigenvalue weighted by Gasteiger charge is 2.34. The monoisotopic (exact) mass is 296 g/mol. The molecule has 0 amide bonds. The van der Waals surface area contributed by atoms with E-state index in [9.17, 15) is 0 Å². The summed E-state index contributed by atoms with van der Waals surface area (Å²) >= 11 is 0. The first-order valence-corrected chi connectivity index (χ1v) is 7.81. The Morgan fingerprint density at radius 2 is 1.64 bits per heavy atom. The molecule has 4 heterocycles. The molecule has 6 heteroatoms. The molecular weight excluding hydrogens is 276 g/mol. The van der Waals surface area contributed by atoms with Crippen molar-refractivity contribution in [2.75, 3.05) is 49.1 Å². The van der Waals surface area contributed by atoms with Crippen molar-refractivity contribution in [2.24, 2.45) is 0 Å². The average Bonchev–Trinajstić information content (AvgIpc) is 2.56. The van der Waals surface area contributed by atoms with E-state index in [0.29, 0.717) is 6.04 Å². The van der Waals surface area contributed by atoms with Gasteiger partial charge in [0.2, 0.25) is 0 Å². The summed E-state index contributed by atoms with van der Waals surface area (Å²) in [5.74, 6) is 2.09. The number of nitrogens with zero attached hydrogens (tertiary/aromatic N) is 6. The largest absolute Gasteiger partial charge is 0.354 e. The van der Waals surface area contributed by atoms with Crippen LogP contribution in [0.3, 0.4) is 0 Å². The molecule has 0 radical (unpaired) electrons. The summed E-state index contributed by atoms with van der Waals surface area (Å²) < 4.78 is 0. The van der Waals surface area contributed by atoms with Crippen molar-refractivity contribution in [1.29, 1.82) is 0 Å². The Balaban J connectivity index is 1.29. The normalized spacial score (nSPS) is 20.0. The first-order chi connectivity index (χ1) is 10.9. The van der Waals surface area contributed by atoms with E-state index in [1.165, 1.54) is 0 Å². The molecule has 2 fully saturated rings. The standard InChI is InChI=1S/C16H20N6/c1-2-4-18-15(3-1)21-9-7-20(8-10-21)14-12-22(13-14)16-11-17-5-6-19-16/h1-6,11,14H,7-10,12-13H2.